The normalized spacial score (nSPS) is 16.6. The van der Waals surface area contributed by atoms with E-state index in [0.29, 0.717) is 24.9 Å². The fourth-order valence-electron chi connectivity index (χ4n) is 3.95. The molecule has 1 unspecified atom stereocenters. The highest BCUT2D eigenvalue weighted by molar-refractivity contribution is 5.75. The molecular formula is C23H32N4O. The van der Waals surface area contributed by atoms with Crippen LogP contribution in [0.4, 0.5) is 0 Å². The Morgan fingerprint density at radius 3 is 2.82 bits per heavy atom. The molecule has 0 spiro atoms. The second kappa shape index (κ2) is 10.3. The average molecular weight is 381 g/mol. The van der Waals surface area contributed by atoms with Crippen molar-refractivity contribution in [2.75, 3.05) is 13.1 Å². The van der Waals surface area contributed by atoms with E-state index in [9.17, 15) is 4.79 Å². The zero-order valence-corrected chi connectivity index (χ0v) is 17.1. The first-order chi connectivity index (χ1) is 13.6. The Bertz CT molecular complexity index is 741. The third-order valence-corrected chi connectivity index (χ3v) is 5.74. The van der Waals surface area contributed by atoms with Gasteiger partial charge in [0.1, 0.15) is 0 Å². The van der Waals surface area contributed by atoms with Crippen molar-refractivity contribution in [1.29, 1.82) is 0 Å². The summed E-state index contributed by atoms with van der Waals surface area (Å²) in [7, 11) is 0. The summed E-state index contributed by atoms with van der Waals surface area (Å²) < 4.78 is 0. The van der Waals surface area contributed by atoms with Gasteiger partial charge in [-0.3, -0.25) is 14.8 Å². The van der Waals surface area contributed by atoms with Gasteiger partial charge in [-0.2, -0.15) is 0 Å². The summed E-state index contributed by atoms with van der Waals surface area (Å²) >= 11 is 0. The van der Waals surface area contributed by atoms with Crippen molar-refractivity contribution >= 4 is 5.91 Å². The van der Waals surface area contributed by atoms with Crippen LogP contribution < -0.4 is 5.32 Å². The van der Waals surface area contributed by atoms with E-state index in [1.807, 2.05) is 24.4 Å². The van der Waals surface area contributed by atoms with Crippen molar-refractivity contribution in [2.45, 2.75) is 58.5 Å². The molecule has 28 heavy (non-hydrogen) atoms. The van der Waals surface area contributed by atoms with Crippen LogP contribution in [0.2, 0.25) is 0 Å². The maximum Gasteiger partial charge on any atom is 0.220 e. The van der Waals surface area contributed by atoms with E-state index in [1.165, 1.54) is 24.1 Å². The van der Waals surface area contributed by atoms with Crippen LogP contribution in [0.15, 0.2) is 42.9 Å². The van der Waals surface area contributed by atoms with Gasteiger partial charge in [0.2, 0.25) is 5.91 Å². The number of hydrogen-bond donors (Lipinski definition) is 1. The Morgan fingerprint density at radius 1 is 1.29 bits per heavy atom. The lowest BCUT2D eigenvalue weighted by Gasteiger charge is -2.36. The Kier molecular flexibility index (Phi) is 7.54. The molecule has 1 amide bonds. The van der Waals surface area contributed by atoms with Crippen LogP contribution in [0.5, 0.6) is 0 Å². The number of hydrogen-bond acceptors (Lipinski definition) is 4. The first-order valence-corrected chi connectivity index (χ1v) is 10.4. The fourth-order valence-corrected chi connectivity index (χ4v) is 3.95. The molecule has 3 heterocycles. The minimum atomic E-state index is 0.144. The Balaban J connectivity index is 1.34. The van der Waals surface area contributed by atoms with Gasteiger partial charge < -0.3 is 10.2 Å². The number of pyridine rings is 2. The lowest BCUT2D eigenvalue weighted by molar-refractivity contribution is -0.121. The molecule has 2 aromatic rings. The molecule has 1 aliphatic heterocycles. The standard InChI is InChI=1S/C23H32N4O/c1-18-7-11-25-22(14-18)15-19(2)27-12-8-20(9-13-27)5-6-23(28)26-17-21-4-3-10-24-16-21/h3-4,7,10-11,14,16,19-20H,5-6,8-9,12-13,15,17H2,1-2H3,(H,26,28). The van der Waals surface area contributed by atoms with E-state index in [-0.39, 0.29) is 5.91 Å². The summed E-state index contributed by atoms with van der Waals surface area (Å²) in [5.74, 6) is 0.801. The van der Waals surface area contributed by atoms with E-state index in [4.69, 9.17) is 0 Å². The fraction of sp³-hybridized carbons (Fsp3) is 0.522. The van der Waals surface area contributed by atoms with Crippen LogP contribution in [-0.4, -0.2) is 39.9 Å². The summed E-state index contributed by atoms with van der Waals surface area (Å²) in [6, 6.07) is 8.62. The van der Waals surface area contributed by atoms with Gasteiger partial charge in [-0.05, 0) is 81.4 Å². The largest absolute Gasteiger partial charge is 0.352 e. The van der Waals surface area contributed by atoms with Gasteiger partial charge in [-0.25, -0.2) is 0 Å². The second-order valence-electron chi connectivity index (χ2n) is 8.03. The Labute approximate surface area is 168 Å². The summed E-state index contributed by atoms with van der Waals surface area (Å²) in [5, 5.41) is 3.00. The van der Waals surface area contributed by atoms with Crippen LogP contribution in [-0.2, 0) is 17.8 Å². The highest BCUT2D eigenvalue weighted by Crippen LogP contribution is 2.24. The summed E-state index contributed by atoms with van der Waals surface area (Å²) in [4.78, 5) is 23.3. The van der Waals surface area contributed by atoms with Crippen molar-refractivity contribution in [1.82, 2.24) is 20.2 Å². The van der Waals surface area contributed by atoms with Crippen molar-refractivity contribution in [3.8, 4) is 0 Å². The van der Waals surface area contributed by atoms with Gasteiger partial charge in [0.25, 0.3) is 0 Å². The van der Waals surface area contributed by atoms with E-state index in [0.717, 1.165) is 31.5 Å². The lowest BCUT2D eigenvalue weighted by Crippen LogP contribution is -2.41. The maximum atomic E-state index is 12.1. The third-order valence-electron chi connectivity index (χ3n) is 5.74. The molecule has 150 valence electrons. The zero-order valence-electron chi connectivity index (χ0n) is 17.1. The van der Waals surface area contributed by atoms with Crippen LogP contribution in [0.3, 0.4) is 0 Å². The smallest absolute Gasteiger partial charge is 0.220 e. The van der Waals surface area contributed by atoms with Gasteiger partial charge in [0.15, 0.2) is 0 Å². The molecule has 3 rings (SSSR count). The van der Waals surface area contributed by atoms with Crippen molar-refractivity contribution in [3.63, 3.8) is 0 Å². The minimum absolute atomic E-state index is 0.144. The number of carbonyl (C=O) groups is 1. The molecule has 1 atom stereocenters. The number of nitrogens with one attached hydrogen (secondary N) is 1. The van der Waals surface area contributed by atoms with Crippen LogP contribution >= 0.6 is 0 Å². The van der Waals surface area contributed by atoms with Crippen molar-refractivity contribution in [2.24, 2.45) is 5.92 Å². The monoisotopic (exact) mass is 380 g/mol. The Hall–Kier alpha value is -2.27. The molecule has 1 aliphatic rings. The SMILES string of the molecule is Cc1ccnc(CC(C)N2CCC(CCC(=O)NCc3cccnc3)CC2)c1. The predicted octanol–water partition coefficient (Wildman–Crippen LogP) is 3.52. The van der Waals surface area contributed by atoms with E-state index < -0.39 is 0 Å². The van der Waals surface area contributed by atoms with Crippen LogP contribution in [0.25, 0.3) is 0 Å². The molecule has 5 heteroatoms. The van der Waals surface area contributed by atoms with E-state index in [2.05, 4.69) is 40.1 Å². The first kappa shape index (κ1) is 20.5. The molecule has 0 saturated carbocycles. The number of rotatable bonds is 8. The number of carbonyl (C=O) groups excluding carboxylic acids is 1. The number of aryl methyl sites for hydroxylation is 1. The molecule has 5 nitrogen and oxygen atoms in total. The molecule has 0 aliphatic carbocycles. The first-order valence-electron chi connectivity index (χ1n) is 10.4. The number of likely N-dealkylation sites (tertiary alicyclic amines) is 1. The molecule has 1 saturated heterocycles. The van der Waals surface area contributed by atoms with Gasteiger partial charge >= 0.3 is 0 Å². The van der Waals surface area contributed by atoms with E-state index in [1.54, 1.807) is 12.4 Å². The number of amides is 1. The van der Waals surface area contributed by atoms with Gasteiger partial charge in [0, 0.05) is 49.7 Å². The van der Waals surface area contributed by atoms with Crippen LogP contribution in [0.1, 0.15) is 49.4 Å². The highest BCUT2D eigenvalue weighted by atomic mass is 16.1. The minimum Gasteiger partial charge on any atom is -0.352 e. The predicted molar refractivity (Wildman–Crippen MR) is 112 cm³/mol. The molecule has 1 N–H and O–H groups in total. The molecule has 1 fully saturated rings. The van der Waals surface area contributed by atoms with Gasteiger partial charge in [0.05, 0.1) is 0 Å². The third kappa shape index (κ3) is 6.41. The number of piperidine rings is 1. The zero-order chi connectivity index (χ0) is 19.8. The lowest BCUT2D eigenvalue weighted by atomic mass is 9.91. The summed E-state index contributed by atoms with van der Waals surface area (Å²) in [6.45, 7) is 7.23. The molecule has 0 aromatic carbocycles. The summed E-state index contributed by atoms with van der Waals surface area (Å²) in [5.41, 5.74) is 3.50. The molecular weight excluding hydrogens is 348 g/mol. The quantitative estimate of drug-likeness (QED) is 0.761. The Morgan fingerprint density at radius 2 is 2.11 bits per heavy atom. The van der Waals surface area contributed by atoms with Crippen molar-refractivity contribution in [3.05, 3.63) is 59.7 Å². The molecule has 0 radical (unpaired) electrons. The highest BCUT2D eigenvalue weighted by Gasteiger charge is 2.23. The second-order valence-corrected chi connectivity index (χ2v) is 8.03. The molecule has 0 bridgehead atoms. The van der Waals surface area contributed by atoms with Gasteiger partial charge in [-0.1, -0.05) is 6.07 Å². The van der Waals surface area contributed by atoms with Gasteiger partial charge in [-0.15, -0.1) is 0 Å². The number of nitrogens with zero attached hydrogens (tertiary/aromatic N) is 3. The van der Waals surface area contributed by atoms with E-state index >= 15 is 0 Å². The summed E-state index contributed by atoms with van der Waals surface area (Å²) in [6.07, 6.45) is 10.4. The topological polar surface area (TPSA) is 58.1 Å². The average Bonchev–Trinajstić information content (AvgIpc) is 2.72. The van der Waals surface area contributed by atoms with Crippen LogP contribution in [0, 0.1) is 12.8 Å². The van der Waals surface area contributed by atoms with Crippen molar-refractivity contribution < 1.29 is 4.79 Å². The number of aromatic nitrogens is 2. The maximum absolute atomic E-state index is 12.1. The molecule has 2 aromatic heterocycles.